The molecule has 32 heavy (non-hydrogen) atoms. The number of amides is 2. The van der Waals surface area contributed by atoms with Gasteiger partial charge in [0.1, 0.15) is 5.76 Å². The van der Waals surface area contributed by atoms with Gasteiger partial charge in [0.05, 0.1) is 11.8 Å². The molecule has 0 unspecified atom stereocenters. The molecular formula is C26H33N3O3. The number of likely N-dealkylation sites (tertiary alicyclic amines) is 1. The highest BCUT2D eigenvalue weighted by atomic mass is 16.3. The van der Waals surface area contributed by atoms with Gasteiger partial charge in [0.2, 0.25) is 5.91 Å². The highest BCUT2D eigenvalue weighted by Crippen LogP contribution is 2.52. The fourth-order valence-corrected chi connectivity index (χ4v) is 5.99. The van der Waals surface area contributed by atoms with Crippen LogP contribution in [0.1, 0.15) is 58.8 Å². The number of piperazine rings is 1. The summed E-state index contributed by atoms with van der Waals surface area (Å²) in [4.78, 5) is 32.3. The van der Waals surface area contributed by atoms with Gasteiger partial charge in [0.15, 0.2) is 0 Å². The monoisotopic (exact) mass is 435 g/mol. The standard InChI is InChI=1S/C26H33N3O3/c1-19-21(7-16-32-19)25(31)29-10-8-26(9-11-29)18-20(22-5-3-4-6-23(22)26)17-24(30)28-14-12-27(2)13-15-28/h3-7,16,20H,8-15,17-18H2,1-2H3/t20-/m1/s1. The largest absolute Gasteiger partial charge is 0.469 e. The normalized spacial score (nSPS) is 22.9. The molecule has 0 saturated carbocycles. The van der Waals surface area contributed by atoms with Crippen LogP contribution in [-0.4, -0.2) is 72.8 Å². The molecule has 1 aromatic heterocycles. The van der Waals surface area contributed by atoms with E-state index in [-0.39, 0.29) is 23.1 Å². The smallest absolute Gasteiger partial charge is 0.257 e. The van der Waals surface area contributed by atoms with Gasteiger partial charge in [0.25, 0.3) is 5.91 Å². The Morgan fingerprint density at radius 3 is 2.41 bits per heavy atom. The molecule has 2 amide bonds. The number of carbonyl (C=O) groups is 2. The lowest BCUT2D eigenvalue weighted by molar-refractivity contribution is -0.133. The molecule has 2 aromatic rings. The van der Waals surface area contributed by atoms with Gasteiger partial charge in [0, 0.05) is 45.7 Å². The van der Waals surface area contributed by atoms with Crippen LogP contribution in [0.4, 0.5) is 0 Å². The van der Waals surface area contributed by atoms with Crippen LogP contribution >= 0.6 is 0 Å². The van der Waals surface area contributed by atoms with E-state index in [0.717, 1.165) is 58.5 Å². The maximum absolute atomic E-state index is 13.1. The Hall–Kier alpha value is -2.60. The van der Waals surface area contributed by atoms with Gasteiger partial charge in [-0.15, -0.1) is 0 Å². The second-order valence-electron chi connectivity index (χ2n) is 9.84. The highest BCUT2D eigenvalue weighted by Gasteiger charge is 2.46. The molecule has 2 aliphatic heterocycles. The lowest BCUT2D eigenvalue weighted by Gasteiger charge is -2.40. The SMILES string of the molecule is Cc1occc1C(=O)N1CCC2(CC1)C[C@@H](CC(=O)N1CCN(C)CC1)c1ccccc12. The van der Waals surface area contributed by atoms with E-state index in [1.54, 1.807) is 12.3 Å². The molecule has 3 aliphatic rings. The summed E-state index contributed by atoms with van der Waals surface area (Å²) in [7, 11) is 2.11. The Kier molecular flexibility index (Phi) is 5.58. The Morgan fingerprint density at radius 1 is 1.00 bits per heavy atom. The first kappa shape index (κ1) is 21.3. The lowest BCUT2D eigenvalue weighted by atomic mass is 9.73. The summed E-state index contributed by atoms with van der Waals surface area (Å²) in [6.07, 6.45) is 5.10. The van der Waals surface area contributed by atoms with E-state index >= 15 is 0 Å². The number of hydrogen-bond donors (Lipinski definition) is 0. The summed E-state index contributed by atoms with van der Waals surface area (Å²) >= 11 is 0. The third kappa shape index (κ3) is 3.75. The van der Waals surface area contributed by atoms with E-state index in [9.17, 15) is 9.59 Å². The topological polar surface area (TPSA) is 57.0 Å². The Balaban J connectivity index is 1.29. The molecule has 0 bridgehead atoms. The molecule has 6 nitrogen and oxygen atoms in total. The zero-order valence-electron chi connectivity index (χ0n) is 19.2. The number of fused-ring (bicyclic) bond motifs is 2. The van der Waals surface area contributed by atoms with Crippen molar-refractivity contribution in [2.75, 3.05) is 46.3 Å². The number of nitrogens with zero attached hydrogens (tertiary/aromatic N) is 3. The van der Waals surface area contributed by atoms with E-state index < -0.39 is 0 Å². The minimum Gasteiger partial charge on any atom is -0.469 e. The summed E-state index contributed by atoms with van der Waals surface area (Å²) in [5.74, 6) is 1.32. The predicted molar refractivity (Wildman–Crippen MR) is 123 cm³/mol. The zero-order chi connectivity index (χ0) is 22.3. The van der Waals surface area contributed by atoms with E-state index in [0.29, 0.717) is 17.7 Å². The van der Waals surface area contributed by atoms with Crippen LogP contribution < -0.4 is 0 Å². The van der Waals surface area contributed by atoms with Crippen molar-refractivity contribution in [3.8, 4) is 0 Å². The Morgan fingerprint density at radius 2 is 1.72 bits per heavy atom. The molecule has 170 valence electrons. The van der Waals surface area contributed by atoms with Crippen molar-refractivity contribution in [2.24, 2.45) is 0 Å². The van der Waals surface area contributed by atoms with Crippen molar-refractivity contribution in [1.29, 1.82) is 0 Å². The summed E-state index contributed by atoms with van der Waals surface area (Å²) < 4.78 is 5.34. The van der Waals surface area contributed by atoms with Gasteiger partial charge in [-0.25, -0.2) is 0 Å². The zero-order valence-corrected chi connectivity index (χ0v) is 19.2. The third-order valence-electron chi connectivity index (χ3n) is 7.98. The molecule has 1 aromatic carbocycles. The highest BCUT2D eigenvalue weighted by molar-refractivity contribution is 5.95. The molecule has 5 rings (SSSR count). The van der Waals surface area contributed by atoms with Crippen LogP contribution in [0.3, 0.4) is 0 Å². The third-order valence-corrected chi connectivity index (χ3v) is 7.98. The minimum absolute atomic E-state index is 0.0687. The van der Waals surface area contributed by atoms with Gasteiger partial charge in [-0.2, -0.15) is 0 Å². The average Bonchev–Trinajstić information content (AvgIpc) is 3.36. The number of carbonyl (C=O) groups excluding carboxylic acids is 2. The second-order valence-corrected chi connectivity index (χ2v) is 9.84. The van der Waals surface area contributed by atoms with Gasteiger partial charge >= 0.3 is 0 Å². The number of aryl methyl sites for hydroxylation is 1. The first-order valence-electron chi connectivity index (χ1n) is 11.9. The molecule has 2 fully saturated rings. The van der Waals surface area contributed by atoms with Crippen LogP contribution in [0.5, 0.6) is 0 Å². The lowest BCUT2D eigenvalue weighted by Crippen LogP contribution is -2.47. The molecule has 0 N–H and O–H groups in total. The molecule has 3 heterocycles. The number of furan rings is 1. The maximum Gasteiger partial charge on any atom is 0.257 e. The molecule has 1 aliphatic carbocycles. The molecule has 2 saturated heterocycles. The summed E-state index contributed by atoms with van der Waals surface area (Å²) in [5, 5.41) is 0. The summed E-state index contributed by atoms with van der Waals surface area (Å²) in [6.45, 7) is 6.91. The van der Waals surface area contributed by atoms with Crippen LogP contribution in [0.15, 0.2) is 41.0 Å². The van der Waals surface area contributed by atoms with E-state index in [1.165, 1.54) is 11.1 Å². The van der Waals surface area contributed by atoms with Crippen molar-refractivity contribution in [3.05, 3.63) is 59.0 Å². The Labute approximate surface area is 190 Å². The van der Waals surface area contributed by atoms with E-state index in [4.69, 9.17) is 4.42 Å². The fourth-order valence-electron chi connectivity index (χ4n) is 5.99. The predicted octanol–water partition coefficient (Wildman–Crippen LogP) is 3.41. The molecule has 0 radical (unpaired) electrons. The summed E-state index contributed by atoms with van der Waals surface area (Å²) in [5.41, 5.74) is 3.50. The fraction of sp³-hybridized carbons (Fsp3) is 0.538. The van der Waals surface area contributed by atoms with Crippen LogP contribution in [0.25, 0.3) is 0 Å². The average molecular weight is 436 g/mol. The van der Waals surface area contributed by atoms with Crippen molar-refractivity contribution >= 4 is 11.8 Å². The number of rotatable bonds is 3. The number of hydrogen-bond acceptors (Lipinski definition) is 4. The van der Waals surface area contributed by atoms with E-state index in [1.807, 2.05) is 16.7 Å². The van der Waals surface area contributed by atoms with Crippen LogP contribution in [0, 0.1) is 6.92 Å². The summed E-state index contributed by atoms with van der Waals surface area (Å²) in [6, 6.07) is 10.5. The minimum atomic E-state index is 0.0687. The van der Waals surface area contributed by atoms with Crippen molar-refractivity contribution in [3.63, 3.8) is 0 Å². The van der Waals surface area contributed by atoms with E-state index in [2.05, 4.69) is 36.2 Å². The first-order valence-corrected chi connectivity index (χ1v) is 11.9. The molecule has 1 spiro atoms. The molecular weight excluding hydrogens is 402 g/mol. The molecule has 1 atom stereocenters. The van der Waals surface area contributed by atoms with Gasteiger partial charge in [-0.1, -0.05) is 24.3 Å². The number of benzene rings is 1. The van der Waals surface area contributed by atoms with Gasteiger partial charge in [-0.3, -0.25) is 9.59 Å². The number of piperidine rings is 1. The van der Waals surface area contributed by atoms with Crippen molar-refractivity contribution in [2.45, 2.75) is 43.9 Å². The van der Waals surface area contributed by atoms with Crippen molar-refractivity contribution < 1.29 is 14.0 Å². The second kappa shape index (κ2) is 8.39. The molecule has 6 heteroatoms. The Bertz CT molecular complexity index is 997. The van der Waals surface area contributed by atoms with Crippen LogP contribution in [0.2, 0.25) is 0 Å². The van der Waals surface area contributed by atoms with Gasteiger partial charge < -0.3 is 19.1 Å². The van der Waals surface area contributed by atoms with Crippen LogP contribution in [-0.2, 0) is 10.2 Å². The first-order chi connectivity index (χ1) is 15.5. The van der Waals surface area contributed by atoms with Gasteiger partial charge in [-0.05, 0) is 61.8 Å². The maximum atomic E-state index is 13.1. The quantitative estimate of drug-likeness (QED) is 0.741. The van der Waals surface area contributed by atoms with Crippen molar-refractivity contribution in [1.82, 2.24) is 14.7 Å². The number of likely N-dealkylation sites (N-methyl/N-ethyl adjacent to an activating group) is 1.